The van der Waals surface area contributed by atoms with Gasteiger partial charge < -0.3 is 20.8 Å². The molecule has 126 valence electrons. The lowest BCUT2D eigenvalue weighted by molar-refractivity contribution is 0.0516. The lowest BCUT2D eigenvalue weighted by atomic mass is 9.82. The predicted octanol–water partition coefficient (Wildman–Crippen LogP) is 2.35. The normalized spacial score (nSPS) is 14.5. The van der Waals surface area contributed by atoms with Crippen molar-refractivity contribution in [1.29, 1.82) is 0 Å². The van der Waals surface area contributed by atoms with Crippen molar-refractivity contribution in [3.63, 3.8) is 0 Å². The van der Waals surface area contributed by atoms with Crippen molar-refractivity contribution in [2.75, 3.05) is 13.1 Å². The first kappa shape index (κ1) is 17.5. The maximum atomic E-state index is 11.9. The number of H-pyrrole nitrogens is 1. The average Bonchev–Trinajstić information content (AvgIpc) is 2.89. The standard InChI is InChI=1S/C15H22ClN5O2/c1-14(2,3)23-13(22)19-7-15(4,6-17)9-5-18-12-10(9)11(16)20-8-21-12/h5,8H,6-7,17H2,1-4H3,(H,19,22)(H,18,20,21). The third kappa shape index (κ3) is 3.92. The van der Waals surface area contributed by atoms with Crippen molar-refractivity contribution in [1.82, 2.24) is 20.3 Å². The lowest BCUT2D eigenvalue weighted by Crippen LogP contribution is -2.45. The fraction of sp³-hybridized carbons (Fsp3) is 0.533. The van der Waals surface area contributed by atoms with Gasteiger partial charge in [0.25, 0.3) is 0 Å². The molecule has 0 saturated heterocycles. The Morgan fingerprint density at radius 1 is 1.39 bits per heavy atom. The molecule has 1 unspecified atom stereocenters. The number of hydrogen-bond donors (Lipinski definition) is 3. The molecule has 2 heterocycles. The molecule has 4 N–H and O–H groups in total. The number of carbonyl (C=O) groups is 1. The molecule has 2 aromatic rings. The van der Waals surface area contributed by atoms with Gasteiger partial charge in [0.15, 0.2) is 0 Å². The number of fused-ring (bicyclic) bond motifs is 1. The molecule has 0 bridgehead atoms. The molecule has 0 radical (unpaired) electrons. The number of alkyl carbamates (subject to hydrolysis) is 1. The van der Waals surface area contributed by atoms with Crippen LogP contribution >= 0.6 is 11.6 Å². The van der Waals surface area contributed by atoms with Crippen LogP contribution in [0.15, 0.2) is 12.5 Å². The summed E-state index contributed by atoms with van der Waals surface area (Å²) in [6.07, 6.45) is 2.71. The molecule has 0 aliphatic heterocycles. The van der Waals surface area contributed by atoms with E-state index < -0.39 is 17.1 Å². The van der Waals surface area contributed by atoms with Crippen molar-refractivity contribution in [2.24, 2.45) is 5.73 Å². The molecule has 0 aliphatic carbocycles. The Hall–Kier alpha value is -1.86. The summed E-state index contributed by atoms with van der Waals surface area (Å²) in [4.78, 5) is 23.1. The Labute approximate surface area is 140 Å². The number of rotatable bonds is 4. The lowest BCUT2D eigenvalue weighted by Gasteiger charge is -2.29. The van der Waals surface area contributed by atoms with Crippen LogP contribution in [0.3, 0.4) is 0 Å². The van der Waals surface area contributed by atoms with E-state index in [0.717, 1.165) is 5.56 Å². The SMILES string of the molecule is CC(C)(C)OC(=O)NCC(C)(CN)c1c[nH]c2ncnc(Cl)c12. The van der Waals surface area contributed by atoms with Crippen LogP contribution in [0.2, 0.25) is 5.15 Å². The highest BCUT2D eigenvalue weighted by Crippen LogP contribution is 2.32. The van der Waals surface area contributed by atoms with E-state index in [-0.39, 0.29) is 0 Å². The fourth-order valence-corrected chi connectivity index (χ4v) is 2.49. The summed E-state index contributed by atoms with van der Waals surface area (Å²) in [7, 11) is 0. The molecule has 2 rings (SSSR count). The molecule has 0 saturated carbocycles. The van der Waals surface area contributed by atoms with Gasteiger partial charge in [-0.05, 0) is 26.3 Å². The van der Waals surface area contributed by atoms with Gasteiger partial charge in [0.2, 0.25) is 0 Å². The summed E-state index contributed by atoms with van der Waals surface area (Å²) >= 11 is 6.19. The number of halogens is 1. The molecular weight excluding hydrogens is 318 g/mol. The Morgan fingerprint density at radius 2 is 2.09 bits per heavy atom. The second-order valence-corrected chi connectivity index (χ2v) is 7.07. The largest absolute Gasteiger partial charge is 0.444 e. The van der Waals surface area contributed by atoms with Crippen LogP contribution in [-0.4, -0.2) is 39.7 Å². The smallest absolute Gasteiger partial charge is 0.407 e. The zero-order valence-electron chi connectivity index (χ0n) is 13.7. The molecule has 23 heavy (non-hydrogen) atoms. The minimum Gasteiger partial charge on any atom is -0.444 e. The van der Waals surface area contributed by atoms with Gasteiger partial charge >= 0.3 is 6.09 Å². The number of ether oxygens (including phenoxy) is 1. The van der Waals surface area contributed by atoms with E-state index in [2.05, 4.69) is 20.3 Å². The van der Waals surface area contributed by atoms with E-state index >= 15 is 0 Å². The van der Waals surface area contributed by atoms with Gasteiger partial charge in [0.05, 0.1) is 5.39 Å². The van der Waals surface area contributed by atoms with Crippen LogP contribution < -0.4 is 11.1 Å². The summed E-state index contributed by atoms with van der Waals surface area (Å²) in [5.41, 5.74) is 6.36. The maximum absolute atomic E-state index is 11.9. The number of aromatic amines is 1. The van der Waals surface area contributed by atoms with Crippen LogP contribution in [0.25, 0.3) is 11.0 Å². The van der Waals surface area contributed by atoms with Crippen molar-refractivity contribution < 1.29 is 9.53 Å². The van der Waals surface area contributed by atoms with E-state index in [1.165, 1.54) is 6.33 Å². The van der Waals surface area contributed by atoms with Gasteiger partial charge in [-0.15, -0.1) is 0 Å². The van der Waals surface area contributed by atoms with E-state index in [9.17, 15) is 4.79 Å². The molecule has 0 aliphatic rings. The van der Waals surface area contributed by atoms with E-state index in [1.54, 1.807) is 6.20 Å². The van der Waals surface area contributed by atoms with Crippen molar-refractivity contribution >= 4 is 28.7 Å². The molecule has 1 atom stereocenters. The van der Waals surface area contributed by atoms with E-state index in [0.29, 0.717) is 29.3 Å². The molecule has 0 aromatic carbocycles. The Morgan fingerprint density at radius 3 is 2.70 bits per heavy atom. The number of aromatic nitrogens is 3. The van der Waals surface area contributed by atoms with Crippen molar-refractivity contribution in [2.45, 2.75) is 38.7 Å². The minimum atomic E-state index is -0.554. The average molecular weight is 340 g/mol. The first-order chi connectivity index (χ1) is 10.7. The number of carbonyl (C=O) groups excluding carboxylic acids is 1. The summed E-state index contributed by atoms with van der Waals surface area (Å²) in [6, 6.07) is 0. The topological polar surface area (TPSA) is 106 Å². The molecule has 0 spiro atoms. The highest BCUT2D eigenvalue weighted by molar-refractivity contribution is 6.34. The number of nitrogens with zero attached hydrogens (tertiary/aromatic N) is 2. The van der Waals surface area contributed by atoms with Crippen LogP contribution in [-0.2, 0) is 10.2 Å². The predicted molar refractivity (Wildman–Crippen MR) is 89.5 cm³/mol. The zero-order valence-corrected chi connectivity index (χ0v) is 14.5. The highest BCUT2D eigenvalue weighted by atomic mass is 35.5. The van der Waals surface area contributed by atoms with Crippen LogP contribution in [0, 0.1) is 0 Å². The quantitative estimate of drug-likeness (QED) is 0.741. The molecule has 2 aromatic heterocycles. The molecular formula is C15H22ClN5O2. The highest BCUT2D eigenvalue weighted by Gasteiger charge is 2.31. The summed E-state index contributed by atoms with van der Waals surface area (Å²) < 4.78 is 5.26. The third-order valence-electron chi connectivity index (χ3n) is 3.55. The Bertz CT molecular complexity index is 709. The number of amides is 1. The van der Waals surface area contributed by atoms with Gasteiger partial charge in [-0.2, -0.15) is 0 Å². The molecule has 8 heteroatoms. The first-order valence-corrected chi connectivity index (χ1v) is 7.69. The third-order valence-corrected chi connectivity index (χ3v) is 3.83. The van der Waals surface area contributed by atoms with Crippen LogP contribution in [0.1, 0.15) is 33.3 Å². The monoisotopic (exact) mass is 339 g/mol. The number of nitrogens with one attached hydrogen (secondary N) is 2. The second-order valence-electron chi connectivity index (χ2n) is 6.71. The molecule has 1 amide bonds. The summed E-state index contributed by atoms with van der Waals surface area (Å²) in [5.74, 6) is 0. The summed E-state index contributed by atoms with van der Waals surface area (Å²) in [6.45, 7) is 7.98. The van der Waals surface area contributed by atoms with Crippen molar-refractivity contribution in [3.8, 4) is 0 Å². The van der Waals surface area contributed by atoms with Gasteiger partial charge in [0.1, 0.15) is 22.7 Å². The summed E-state index contributed by atoms with van der Waals surface area (Å²) in [5, 5.41) is 3.83. The van der Waals surface area contributed by atoms with Gasteiger partial charge in [0, 0.05) is 24.7 Å². The molecule has 0 fully saturated rings. The molecule has 7 nitrogen and oxygen atoms in total. The fourth-order valence-electron chi connectivity index (χ4n) is 2.26. The minimum absolute atomic E-state index is 0.302. The first-order valence-electron chi connectivity index (χ1n) is 7.31. The van der Waals surface area contributed by atoms with Crippen molar-refractivity contribution in [3.05, 3.63) is 23.2 Å². The van der Waals surface area contributed by atoms with E-state index in [1.807, 2.05) is 27.7 Å². The maximum Gasteiger partial charge on any atom is 0.407 e. The number of hydrogen-bond acceptors (Lipinski definition) is 5. The zero-order chi connectivity index (χ0) is 17.3. The van der Waals surface area contributed by atoms with E-state index in [4.69, 9.17) is 22.1 Å². The number of nitrogens with two attached hydrogens (primary N) is 1. The van der Waals surface area contributed by atoms with Gasteiger partial charge in [-0.1, -0.05) is 18.5 Å². The van der Waals surface area contributed by atoms with Gasteiger partial charge in [-0.25, -0.2) is 14.8 Å². The Kier molecular flexibility index (Phi) is 4.81. The Balaban J connectivity index is 2.24. The second kappa shape index (κ2) is 6.33. The van der Waals surface area contributed by atoms with Crippen LogP contribution in [0.4, 0.5) is 4.79 Å². The van der Waals surface area contributed by atoms with Gasteiger partial charge in [-0.3, -0.25) is 0 Å². The van der Waals surface area contributed by atoms with Crippen LogP contribution in [0.5, 0.6) is 0 Å².